The SMILES string of the molecule is CC(C)c1cc(OC2CC2)c(I)cn1. The number of rotatable bonds is 3. The molecule has 1 saturated carbocycles. The predicted octanol–water partition coefficient (Wildman–Crippen LogP) is 3.35. The van der Waals surface area contributed by atoms with Crippen LogP contribution in [-0.4, -0.2) is 11.1 Å². The lowest BCUT2D eigenvalue weighted by Gasteiger charge is -2.10. The molecule has 0 N–H and O–H groups in total. The summed E-state index contributed by atoms with van der Waals surface area (Å²) in [5.41, 5.74) is 1.11. The molecule has 0 aliphatic heterocycles. The normalized spacial score (nSPS) is 16.0. The van der Waals surface area contributed by atoms with Crippen molar-refractivity contribution in [2.75, 3.05) is 0 Å². The van der Waals surface area contributed by atoms with E-state index in [0.29, 0.717) is 12.0 Å². The van der Waals surface area contributed by atoms with Gasteiger partial charge in [0.15, 0.2) is 0 Å². The lowest BCUT2D eigenvalue weighted by molar-refractivity contribution is 0.300. The van der Waals surface area contributed by atoms with Crippen LogP contribution in [0.4, 0.5) is 0 Å². The van der Waals surface area contributed by atoms with Gasteiger partial charge in [0, 0.05) is 18.0 Å². The lowest BCUT2D eigenvalue weighted by atomic mass is 10.1. The third kappa shape index (κ3) is 2.38. The Hall–Kier alpha value is -0.320. The molecule has 1 aromatic heterocycles. The molecule has 2 rings (SSSR count). The van der Waals surface area contributed by atoms with Crippen LogP contribution in [0.3, 0.4) is 0 Å². The fourth-order valence-corrected chi connectivity index (χ4v) is 1.63. The number of aromatic nitrogens is 1. The third-order valence-electron chi connectivity index (χ3n) is 2.25. The molecule has 1 aromatic rings. The smallest absolute Gasteiger partial charge is 0.136 e. The van der Waals surface area contributed by atoms with Crippen LogP contribution in [0.25, 0.3) is 0 Å². The van der Waals surface area contributed by atoms with Gasteiger partial charge in [-0.3, -0.25) is 4.98 Å². The number of pyridine rings is 1. The summed E-state index contributed by atoms with van der Waals surface area (Å²) < 4.78 is 6.91. The summed E-state index contributed by atoms with van der Waals surface area (Å²) in [4.78, 5) is 4.38. The van der Waals surface area contributed by atoms with E-state index >= 15 is 0 Å². The van der Waals surface area contributed by atoms with Gasteiger partial charge in [0.2, 0.25) is 0 Å². The van der Waals surface area contributed by atoms with Crippen molar-refractivity contribution >= 4 is 22.6 Å². The van der Waals surface area contributed by atoms with Crippen molar-refractivity contribution in [3.8, 4) is 5.75 Å². The fraction of sp³-hybridized carbons (Fsp3) is 0.545. The van der Waals surface area contributed by atoms with Crippen molar-refractivity contribution in [1.82, 2.24) is 4.98 Å². The number of halogens is 1. The molecular formula is C11H14INO. The second-order valence-electron chi connectivity index (χ2n) is 4.01. The Morgan fingerprint density at radius 2 is 2.21 bits per heavy atom. The minimum atomic E-state index is 0.464. The minimum absolute atomic E-state index is 0.464. The highest BCUT2D eigenvalue weighted by molar-refractivity contribution is 14.1. The van der Waals surface area contributed by atoms with Gasteiger partial charge in [-0.1, -0.05) is 13.8 Å². The Balaban J connectivity index is 2.21. The molecule has 1 heterocycles. The number of hydrogen-bond acceptors (Lipinski definition) is 2. The van der Waals surface area contributed by atoms with Crippen LogP contribution in [-0.2, 0) is 0 Å². The van der Waals surface area contributed by atoms with E-state index in [1.807, 2.05) is 6.20 Å². The Morgan fingerprint density at radius 1 is 1.50 bits per heavy atom. The molecule has 0 radical (unpaired) electrons. The average molecular weight is 303 g/mol. The monoisotopic (exact) mass is 303 g/mol. The molecule has 1 aliphatic carbocycles. The summed E-state index contributed by atoms with van der Waals surface area (Å²) in [6.07, 6.45) is 4.77. The Morgan fingerprint density at radius 3 is 2.79 bits per heavy atom. The molecule has 0 amide bonds. The zero-order valence-electron chi connectivity index (χ0n) is 8.46. The van der Waals surface area contributed by atoms with Gasteiger partial charge in [-0.15, -0.1) is 0 Å². The second-order valence-corrected chi connectivity index (χ2v) is 5.17. The van der Waals surface area contributed by atoms with Crippen LogP contribution in [0.5, 0.6) is 5.75 Å². The highest BCUT2D eigenvalue weighted by Gasteiger charge is 2.24. The first-order chi connectivity index (χ1) is 6.66. The molecule has 0 bridgehead atoms. The van der Waals surface area contributed by atoms with Gasteiger partial charge in [-0.05, 0) is 41.4 Å². The summed E-state index contributed by atoms with van der Waals surface area (Å²) in [7, 11) is 0. The molecular weight excluding hydrogens is 289 g/mol. The number of ether oxygens (including phenoxy) is 1. The highest BCUT2D eigenvalue weighted by atomic mass is 127. The Kier molecular flexibility index (Phi) is 2.95. The van der Waals surface area contributed by atoms with Crippen LogP contribution in [0.1, 0.15) is 38.3 Å². The molecule has 2 nitrogen and oxygen atoms in total. The second kappa shape index (κ2) is 4.04. The van der Waals surface area contributed by atoms with Crippen LogP contribution in [0.2, 0.25) is 0 Å². The molecule has 1 fully saturated rings. The molecule has 0 saturated heterocycles. The first-order valence-electron chi connectivity index (χ1n) is 4.99. The van der Waals surface area contributed by atoms with Crippen molar-refractivity contribution in [3.63, 3.8) is 0 Å². The van der Waals surface area contributed by atoms with E-state index in [4.69, 9.17) is 4.74 Å². The van der Waals surface area contributed by atoms with Gasteiger partial charge in [0.25, 0.3) is 0 Å². The first kappa shape index (κ1) is 10.2. The van der Waals surface area contributed by atoms with Gasteiger partial charge in [0.05, 0.1) is 9.67 Å². The molecule has 76 valence electrons. The maximum Gasteiger partial charge on any atom is 0.136 e. The van der Waals surface area contributed by atoms with Crippen molar-refractivity contribution < 1.29 is 4.74 Å². The van der Waals surface area contributed by atoms with Crippen molar-refractivity contribution in [3.05, 3.63) is 21.5 Å². The number of nitrogens with zero attached hydrogens (tertiary/aromatic N) is 1. The fourth-order valence-electron chi connectivity index (χ4n) is 1.21. The third-order valence-corrected chi connectivity index (χ3v) is 3.06. The Bertz CT molecular complexity index is 334. The molecule has 0 aromatic carbocycles. The quantitative estimate of drug-likeness (QED) is 0.799. The largest absolute Gasteiger partial charge is 0.489 e. The van der Waals surface area contributed by atoms with Crippen LogP contribution < -0.4 is 4.74 Å². The van der Waals surface area contributed by atoms with E-state index in [-0.39, 0.29) is 0 Å². The predicted molar refractivity (Wildman–Crippen MR) is 64.7 cm³/mol. The van der Waals surface area contributed by atoms with E-state index in [1.54, 1.807) is 0 Å². The van der Waals surface area contributed by atoms with Crippen LogP contribution in [0.15, 0.2) is 12.3 Å². The summed E-state index contributed by atoms with van der Waals surface area (Å²) >= 11 is 2.27. The molecule has 0 atom stereocenters. The maximum absolute atomic E-state index is 5.80. The van der Waals surface area contributed by atoms with Crippen molar-refractivity contribution in [2.24, 2.45) is 0 Å². The number of hydrogen-bond donors (Lipinski definition) is 0. The van der Waals surface area contributed by atoms with Crippen molar-refractivity contribution in [1.29, 1.82) is 0 Å². The van der Waals surface area contributed by atoms with E-state index in [9.17, 15) is 0 Å². The van der Waals surface area contributed by atoms with E-state index in [1.165, 1.54) is 12.8 Å². The highest BCUT2D eigenvalue weighted by Crippen LogP contribution is 2.31. The molecule has 14 heavy (non-hydrogen) atoms. The summed E-state index contributed by atoms with van der Waals surface area (Å²) in [6.45, 7) is 4.30. The van der Waals surface area contributed by atoms with E-state index in [0.717, 1.165) is 15.0 Å². The van der Waals surface area contributed by atoms with E-state index in [2.05, 4.69) is 47.5 Å². The van der Waals surface area contributed by atoms with Crippen LogP contribution >= 0.6 is 22.6 Å². The van der Waals surface area contributed by atoms with Gasteiger partial charge in [0.1, 0.15) is 5.75 Å². The molecule has 0 unspecified atom stereocenters. The van der Waals surface area contributed by atoms with Gasteiger partial charge >= 0.3 is 0 Å². The molecule has 0 spiro atoms. The summed E-state index contributed by atoms with van der Waals surface area (Å²) in [5, 5.41) is 0. The van der Waals surface area contributed by atoms with Gasteiger partial charge in [-0.25, -0.2) is 0 Å². The van der Waals surface area contributed by atoms with Crippen LogP contribution in [0, 0.1) is 3.57 Å². The molecule has 3 heteroatoms. The van der Waals surface area contributed by atoms with Gasteiger partial charge in [-0.2, -0.15) is 0 Å². The molecule has 1 aliphatic rings. The average Bonchev–Trinajstić information content (AvgIpc) is 2.92. The zero-order valence-corrected chi connectivity index (χ0v) is 10.6. The van der Waals surface area contributed by atoms with E-state index < -0.39 is 0 Å². The summed E-state index contributed by atoms with van der Waals surface area (Å²) in [6, 6.07) is 2.07. The summed E-state index contributed by atoms with van der Waals surface area (Å²) in [5.74, 6) is 1.47. The van der Waals surface area contributed by atoms with Crippen molar-refractivity contribution in [2.45, 2.75) is 38.7 Å². The Labute approximate surface area is 98.2 Å². The zero-order chi connectivity index (χ0) is 10.1. The first-order valence-corrected chi connectivity index (χ1v) is 6.07. The minimum Gasteiger partial charge on any atom is -0.489 e. The standard InChI is InChI=1S/C11H14INO/c1-7(2)10-5-11(9(12)6-13-10)14-8-3-4-8/h5-8H,3-4H2,1-2H3. The van der Waals surface area contributed by atoms with Gasteiger partial charge < -0.3 is 4.74 Å². The lowest BCUT2D eigenvalue weighted by Crippen LogP contribution is -2.01. The maximum atomic E-state index is 5.80. The topological polar surface area (TPSA) is 22.1 Å².